The van der Waals surface area contributed by atoms with E-state index in [1.54, 1.807) is 25.7 Å². The minimum Gasteiger partial charge on any atom is -0.444 e. The van der Waals surface area contributed by atoms with E-state index in [9.17, 15) is 13.2 Å². The van der Waals surface area contributed by atoms with Crippen molar-refractivity contribution in [1.29, 1.82) is 0 Å². The molecule has 0 N–H and O–H groups in total. The molecule has 1 amide bonds. The Morgan fingerprint density at radius 2 is 1.96 bits per heavy atom. The van der Waals surface area contributed by atoms with Gasteiger partial charge < -0.3 is 14.5 Å². The molecule has 1 atom stereocenters. The number of amides is 1. The first-order chi connectivity index (χ1) is 12.4. The summed E-state index contributed by atoms with van der Waals surface area (Å²) in [4.78, 5) is 15.7. The van der Waals surface area contributed by atoms with Crippen molar-refractivity contribution in [2.75, 3.05) is 37.4 Å². The van der Waals surface area contributed by atoms with Crippen LogP contribution in [0, 0.1) is 0 Å². The molecule has 1 saturated heterocycles. The molecule has 2 rings (SSSR count). The van der Waals surface area contributed by atoms with Crippen LogP contribution in [0.4, 0.5) is 10.5 Å². The zero-order valence-corrected chi connectivity index (χ0v) is 17.8. The molecule has 1 aliphatic rings. The van der Waals surface area contributed by atoms with Crippen molar-refractivity contribution in [3.8, 4) is 0 Å². The van der Waals surface area contributed by atoms with E-state index < -0.39 is 27.9 Å². The molecule has 12 heteroatoms. The lowest BCUT2D eigenvalue weighted by molar-refractivity contribution is 0.0202. The van der Waals surface area contributed by atoms with E-state index in [0.717, 1.165) is 6.26 Å². The van der Waals surface area contributed by atoms with Gasteiger partial charge in [-0.25, -0.2) is 4.79 Å². The molecule has 0 aromatic carbocycles. The lowest BCUT2D eigenvalue weighted by Crippen LogP contribution is -2.57. The third-order valence-corrected chi connectivity index (χ3v) is 4.64. The molecule has 0 radical (unpaired) electrons. The molecule has 0 bridgehead atoms. The Hall–Kier alpha value is -1.36. The lowest BCUT2D eigenvalue weighted by Gasteiger charge is -2.42. The van der Waals surface area contributed by atoms with Gasteiger partial charge in [0.2, 0.25) is 0 Å². The Morgan fingerprint density at radius 1 is 1.30 bits per heavy atom. The second kappa shape index (κ2) is 8.34. The van der Waals surface area contributed by atoms with Crippen LogP contribution in [-0.2, 0) is 19.0 Å². The van der Waals surface area contributed by atoms with Crippen LogP contribution in [0.2, 0.25) is 10.3 Å². The third kappa shape index (κ3) is 6.63. The van der Waals surface area contributed by atoms with E-state index in [1.807, 2.05) is 0 Å². The monoisotopic (exact) mass is 440 g/mol. The van der Waals surface area contributed by atoms with Crippen molar-refractivity contribution in [2.24, 2.45) is 0 Å². The highest BCUT2D eigenvalue weighted by molar-refractivity contribution is 7.85. The number of ether oxygens (including phenoxy) is 1. The van der Waals surface area contributed by atoms with Gasteiger partial charge in [-0.1, -0.05) is 23.2 Å². The van der Waals surface area contributed by atoms with Crippen LogP contribution in [0.1, 0.15) is 20.8 Å². The number of anilines is 1. The summed E-state index contributed by atoms with van der Waals surface area (Å²) in [6.07, 6.45) is 0.479. The van der Waals surface area contributed by atoms with Gasteiger partial charge >= 0.3 is 6.09 Å². The van der Waals surface area contributed by atoms with E-state index in [-0.39, 0.29) is 23.5 Å². The van der Waals surface area contributed by atoms with Crippen LogP contribution in [-0.4, -0.2) is 73.7 Å². The Kier molecular flexibility index (Phi) is 6.77. The van der Waals surface area contributed by atoms with E-state index in [4.69, 9.17) is 32.1 Å². The fourth-order valence-electron chi connectivity index (χ4n) is 2.56. The highest BCUT2D eigenvalue weighted by atomic mass is 35.5. The van der Waals surface area contributed by atoms with Crippen LogP contribution in [0.25, 0.3) is 0 Å². The first-order valence-corrected chi connectivity index (χ1v) is 10.7. The summed E-state index contributed by atoms with van der Waals surface area (Å²) in [5, 5.41) is 7.72. The van der Waals surface area contributed by atoms with Gasteiger partial charge in [-0.05, 0) is 20.8 Å². The molecular formula is C15H22Cl2N4O5S. The van der Waals surface area contributed by atoms with Crippen LogP contribution in [0.5, 0.6) is 0 Å². The standard InChI is InChI=1S/C15H22Cl2N4O5S/c1-15(2,3)26-14(22)20-5-6-21(10(8-20)9-25-27(4,23)24)11-7-12(16)18-19-13(11)17/h7,10H,5-6,8-9H2,1-4H3. The smallest absolute Gasteiger partial charge is 0.410 e. The fraction of sp³-hybridized carbons (Fsp3) is 0.667. The van der Waals surface area contributed by atoms with Gasteiger partial charge in [-0.2, -0.15) is 8.42 Å². The zero-order valence-electron chi connectivity index (χ0n) is 15.5. The molecule has 0 saturated carbocycles. The van der Waals surface area contributed by atoms with E-state index >= 15 is 0 Å². The predicted octanol–water partition coefficient (Wildman–Crippen LogP) is 2.19. The van der Waals surface area contributed by atoms with Crippen LogP contribution < -0.4 is 4.90 Å². The number of halogens is 2. The predicted molar refractivity (Wildman–Crippen MR) is 102 cm³/mol. The maximum Gasteiger partial charge on any atom is 0.410 e. The lowest BCUT2D eigenvalue weighted by atomic mass is 10.1. The largest absolute Gasteiger partial charge is 0.444 e. The van der Waals surface area contributed by atoms with Gasteiger partial charge in [-0.15, -0.1) is 10.2 Å². The molecule has 1 aromatic heterocycles. The minimum atomic E-state index is -3.66. The van der Waals surface area contributed by atoms with Gasteiger partial charge in [0.15, 0.2) is 10.3 Å². The average molecular weight is 441 g/mol. The molecule has 1 fully saturated rings. The molecule has 9 nitrogen and oxygen atoms in total. The molecule has 0 spiro atoms. The van der Waals surface area contributed by atoms with E-state index in [2.05, 4.69) is 10.2 Å². The molecule has 0 aliphatic carbocycles. The molecule has 2 heterocycles. The van der Waals surface area contributed by atoms with Gasteiger partial charge in [0.05, 0.1) is 24.6 Å². The van der Waals surface area contributed by atoms with Gasteiger partial charge in [0.1, 0.15) is 5.60 Å². The van der Waals surface area contributed by atoms with Crippen molar-refractivity contribution in [1.82, 2.24) is 15.1 Å². The second-order valence-corrected chi connectivity index (χ2v) is 9.49. The van der Waals surface area contributed by atoms with Crippen molar-refractivity contribution < 1.29 is 22.1 Å². The zero-order chi connectivity index (χ0) is 20.4. The first kappa shape index (κ1) is 21.9. The normalized spacial score (nSPS) is 18.5. The Morgan fingerprint density at radius 3 is 2.56 bits per heavy atom. The maximum atomic E-state index is 12.4. The van der Waals surface area contributed by atoms with Gasteiger partial charge in [0, 0.05) is 25.7 Å². The Balaban J connectivity index is 2.24. The SMILES string of the molecule is CC(C)(C)OC(=O)N1CCN(c2cc(Cl)nnc2Cl)C(COS(C)(=O)=O)C1. The number of hydrogen-bond donors (Lipinski definition) is 0. The van der Waals surface area contributed by atoms with Gasteiger partial charge in [0.25, 0.3) is 10.1 Å². The summed E-state index contributed by atoms with van der Waals surface area (Å²) < 4.78 is 33.2. The number of carbonyl (C=O) groups is 1. The fourth-order valence-corrected chi connectivity index (χ4v) is 3.30. The summed E-state index contributed by atoms with van der Waals surface area (Å²) >= 11 is 12.0. The first-order valence-electron chi connectivity index (χ1n) is 8.13. The number of piperazine rings is 1. The van der Waals surface area contributed by atoms with Crippen molar-refractivity contribution >= 4 is 45.1 Å². The molecule has 27 heavy (non-hydrogen) atoms. The molecule has 1 unspecified atom stereocenters. The van der Waals surface area contributed by atoms with Gasteiger partial charge in [-0.3, -0.25) is 4.18 Å². The average Bonchev–Trinajstić information content (AvgIpc) is 2.53. The number of hydrogen-bond acceptors (Lipinski definition) is 8. The molecule has 1 aromatic rings. The van der Waals surface area contributed by atoms with Crippen LogP contribution in [0.15, 0.2) is 6.07 Å². The minimum absolute atomic E-state index is 0.120. The number of rotatable bonds is 4. The molecule has 152 valence electrons. The Labute approximate surface area is 168 Å². The second-order valence-electron chi connectivity index (χ2n) is 7.11. The highest BCUT2D eigenvalue weighted by Crippen LogP contribution is 2.29. The van der Waals surface area contributed by atoms with E-state index in [0.29, 0.717) is 18.8 Å². The van der Waals surface area contributed by atoms with E-state index in [1.165, 1.54) is 11.0 Å². The summed E-state index contributed by atoms with van der Waals surface area (Å²) in [6, 6.07) is 1.03. The highest BCUT2D eigenvalue weighted by Gasteiger charge is 2.34. The number of nitrogens with zero attached hydrogens (tertiary/aromatic N) is 4. The number of carbonyl (C=O) groups excluding carboxylic acids is 1. The topological polar surface area (TPSA) is 102 Å². The molecular weight excluding hydrogens is 419 g/mol. The molecule has 1 aliphatic heterocycles. The van der Waals surface area contributed by atoms with Crippen LogP contribution >= 0.6 is 23.2 Å². The van der Waals surface area contributed by atoms with Crippen molar-refractivity contribution in [3.63, 3.8) is 0 Å². The quantitative estimate of drug-likeness (QED) is 0.656. The number of aromatic nitrogens is 2. The van der Waals surface area contributed by atoms with Crippen LogP contribution in [0.3, 0.4) is 0 Å². The summed E-state index contributed by atoms with van der Waals surface area (Å²) in [7, 11) is -3.66. The van der Waals surface area contributed by atoms with Crippen molar-refractivity contribution in [2.45, 2.75) is 32.4 Å². The summed E-state index contributed by atoms with van der Waals surface area (Å²) in [6.45, 7) is 6.04. The third-order valence-electron chi connectivity index (χ3n) is 3.62. The Bertz CT molecular complexity index is 800. The summed E-state index contributed by atoms with van der Waals surface area (Å²) in [5.74, 6) is 0. The summed E-state index contributed by atoms with van der Waals surface area (Å²) in [5.41, 5.74) is -0.152. The maximum absolute atomic E-state index is 12.4. The van der Waals surface area contributed by atoms with Crippen molar-refractivity contribution in [3.05, 3.63) is 16.4 Å².